The number of aromatic nitrogens is 2. The molecule has 2 unspecified atom stereocenters. The van der Waals surface area contributed by atoms with Crippen LogP contribution in [0.15, 0.2) is 24.3 Å². The summed E-state index contributed by atoms with van der Waals surface area (Å²) in [5.74, 6) is 0.860. The Balaban J connectivity index is 1.99. The molecule has 1 aromatic carbocycles. The van der Waals surface area contributed by atoms with Gasteiger partial charge in [-0.1, -0.05) is 24.3 Å². The Morgan fingerprint density at radius 3 is 2.72 bits per heavy atom. The standard InChI is InChI=1S/C14H17N3O/c1-9-11-5-3-4-6-12(11)14(17-16-9)15-13-7-8-18-10(13)2/h3-6,10,13H,7-8H2,1-2H3,(H,15,17). The van der Waals surface area contributed by atoms with Gasteiger partial charge in [-0.15, -0.1) is 5.10 Å². The smallest absolute Gasteiger partial charge is 0.156 e. The molecule has 4 nitrogen and oxygen atoms in total. The van der Waals surface area contributed by atoms with Gasteiger partial charge in [-0.2, -0.15) is 5.10 Å². The van der Waals surface area contributed by atoms with Crippen LogP contribution in [0.25, 0.3) is 10.8 Å². The first kappa shape index (κ1) is 11.4. The van der Waals surface area contributed by atoms with Crippen LogP contribution in [-0.4, -0.2) is 29.0 Å². The molecule has 1 aromatic heterocycles. The molecule has 1 N–H and O–H groups in total. The maximum atomic E-state index is 5.56. The molecular formula is C14H17N3O. The third-order valence-electron chi connectivity index (χ3n) is 3.57. The Morgan fingerprint density at radius 1 is 1.22 bits per heavy atom. The van der Waals surface area contributed by atoms with Crippen LogP contribution in [0.3, 0.4) is 0 Å². The first-order valence-corrected chi connectivity index (χ1v) is 6.36. The van der Waals surface area contributed by atoms with Gasteiger partial charge in [-0.05, 0) is 20.3 Å². The highest BCUT2D eigenvalue weighted by Crippen LogP contribution is 2.25. The second-order valence-electron chi connectivity index (χ2n) is 4.80. The molecule has 2 atom stereocenters. The number of hydrogen-bond acceptors (Lipinski definition) is 4. The van der Waals surface area contributed by atoms with Crippen molar-refractivity contribution in [2.24, 2.45) is 0 Å². The minimum atomic E-state index is 0.229. The van der Waals surface area contributed by atoms with Crippen molar-refractivity contribution in [3.05, 3.63) is 30.0 Å². The number of hydrogen-bond donors (Lipinski definition) is 1. The van der Waals surface area contributed by atoms with Crippen molar-refractivity contribution in [2.45, 2.75) is 32.4 Å². The van der Waals surface area contributed by atoms with Crippen molar-refractivity contribution >= 4 is 16.6 Å². The molecule has 2 aromatic rings. The molecule has 2 heterocycles. The first-order chi connectivity index (χ1) is 8.75. The van der Waals surface area contributed by atoms with E-state index >= 15 is 0 Å². The van der Waals surface area contributed by atoms with Crippen LogP contribution in [0, 0.1) is 6.92 Å². The second kappa shape index (κ2) is 4.53. The monoisotopic (exact) mass is 243 g/mol. The molecule has 18 heavy (non-hydrogen) atoms. The molecule has 0 amide bonds. The van der Waals surface area contributed by atoms with Crippen LogP contribution in [0.5, 0.6) is 0 Å². The van der Waals surface area contributed by atoms with E-state index in [1.807, 2.05) is 19.1 Å². The van der Waals surface area contributed by atoms with E-state index in [1.54, 1.807) is 0 Å². The summed E-state index contributed by atoms with van der Waals surface area (Å²) in [6.07, 6.45) is 1.25. The summed E-state index contributed by atoms with van der Waals surface area (Å²) in [4.78, 5) is 0. The third-order valence-corrected chi connectivity index (χ3v) is 3.57. The SMILES string of the molecule is Cc1nnc(NC2CCOC2C)c2ccccc12. The average molecular weight is 243 g/mol. The van der Waals surface area contributed by atoms with Gasteiger partial charge in [0.25, 0.3) is 0 Å². The van der Waals surface area contributed by atoms with Crippen LogP contribution in [0.2, 0.25) is 0 Å². The first-order valence-electron chi connectivity index (χ1n) is 6.36. The topological polar surface area (TPSA) is 47.0 Å². The number of nitrogens with zero attached hydrogens (tertiary/aromatic N) is 2. The Labute approximate surface area is 106 Å². The number of benzene rings is 1. The molecule has 0 saturated carbocycles. The van der Waals surface area contributed by atoms with Crippen LogP contribution < -0.4 is 5.32 Å². The van der Waals surface area contributed by atoms with Gasteiger partial charge in [0.2, 0.25) is 0 Å². The van der Waals surface area contributed by atoms with Crippen molar-refractivity contribution in [1.82, 2.24) is 10.2 Å². The van der Waals surface area contributed by atoms with Crippen LogP contribution >= 0.6 is 0 Å². The van der Waals surface area contributed by atoms with Gasteiger partial charge >= 0.3 is 0 Å². The fourth-order valence-electron chi connectivity index (χ4n) is 2.44. The molecule has 3 rings (SSSR count). The Kier molecular flexibility index (Phi) is 2.88. The quantitative estimate of drug-likeness (QED) is 0.880. The summed E-state index contributed by atoms with van der Waals surface area (Å²) >= 11 is 0. The van der Waals surface area contributed by atoms with Gasteiger partial charge in [0.1, 0.15) is 0 Å². The van der Waals surface area contributed by atoms with Crippen LogP contribution in [0.1, 0.15) is 19.0 Å². The average Bonchev–Trinajstić information content (AvgIpc) is 2.79. The number of ether oxygens (including phenoxy) is 1. The summed E-state index contributed by atoms with van der Waals surface area (Å²) in [6.45, 7) is 4.89. The van der Waals surface area contributed by atoms with Gasteiger partial charge in [0.15, 0.2) is 5.82 Å². The Bertz CT molecular complexity index is 570. The number of nitrogens with one attached hydrogen (secondary N) is 1. The minimum Gasteiger partial charge on any atom is -0.376 e. The molecule has 1 saturated heterocycles. The van der Waals surface area contributed by atoms with E-state index in [0.717, 1.165) is 35.3 Å². The van der Waals surface area contributed by atoms with E-state index in [2.05, 4.69) is 34.6 Å². The molecule has 0 spiro atoms. The lowest BCUT2D eigenvalue weighted by Crippen LogP contribution is -2.27. The molecule has 1 aliphatic heterocycles. The van der Waals surface area contributed by atoms with Crippen LogP contribution in [0.4, 0.5) is 5.82 Å². The van der Waals surface area contributed by atoms with Gasteiger partial charge in [-0.3, -0.25) is 0 Å². The second-order valence-corrected chi connectivity index (χ2v) is 4.80. The van der Waals surface area contributed by atoms with Gasteiger partial charge in [0, 0.05) is 17.4 Å². The number of rotatable bonds is 2. The molecule has 0 bridgehead atoms. The molecule has 0 aliphatic carbocycles. The zero-order valence-corrected chi connectivity index (χ0v) is 10.7. The lowest BCUT2D eigenvalue weighted by molar-refractivity contribution is 0.121. The highest BCUT2D eigenvalue weighted by atomic mass is 16.5. The predicted octanol–water partition coefficient (Wildman–Crippen LogP) is 2.53. The lowest BCUT2D eigenvalue weighted by atomic mass is 10.1. The molecule has 1 fully saturated rings. The van der Waals surface area contributed by atoms with Crippen molar-refractivity contribution in [2.75, 3.05) is 11.9 Å². The van der Waals surface area contributed by atoms with Crippen molar-refractivity contribution in [3.63, 3.8) is 0 Å². The fraction of sp³-hybridized carbons (Fsp3) is 0.429. The Hall–Kier alpha value is -1.68. The van der Waals surface area contributed by atoms with Crippen LogP contribution in [-0.2, 0) is 4.74 Å². The van der Waals surface area contributed by atoms with E-state index in [0.29, 0.717) is 6.04 Å². The van der Waals surface area contributed by atoms with Gasteiger partial charge in [-0.25, -0.2) is 0 Å². The van der Waals surface area contributed by atoms with Gasteiger partial charge < -0.3 is 10.1 Å². The molecule has 1 aliphatic rings. The van der Waals surface area contributed by atoms with E-state index in [9.17, 15) is 0 Å². The number of aryl methyl sites for hydroxylation is 1. The fourth-order valence-corrected chi connectivity index (χ4v) is 2.44. The van der Waals surface area contributed by atoms with Crippen molar-refractivity contribution in [3.8, 4) is 0 Å². The third kappa shape index (κ3) is 1.93. The highest BCUT2D eigenvalue weighted by Gasteiger charge is 2.25. The number of anilines is 1. The van der Waals surface area contributed by atoms with Crippen molar-refractivity contribution < 1.29 is 4.74 Å². The normalized spacial score (nSPS) is 23.4. The number of fused-ring (bicyclic) bond motifs is 1. The van der Waals surface area contributed by atoms with E-state index in [-0.39, 0.29) is 6.10 Å². The van der Waals surface area contributed by atoms with Crippen molar-refractivity contribution in [1.29, 1.82) is 0 Å². The summed E-state index contributed by atoms with van der Waals surface area (Å²) < 4.78 is 5.56. The molecular weight excluding hydrogens is 226 g/mol. The summed E-state index contributed by atoms with van der Waals surface area (Å²) in [7, 11) is 0. The van der Waals surface area contributed by atoms with E-state index < -0.39 is 0 Å². The zero-order valence-electron chi connectivity index (χ0n) is 10.7. The van der Waals surface area contributed by atoms with Gasteiger partial charge in [0.05, 0.1) is 17.8 Å². The summed E-state index contributed by atoms with van der Waals surface area (Å²) in [5, 5.41) is 14.3. The Morgan fingerprint density at radius 2 is 2.00 bits per heavy atom. The molecule has 94 valence electrons. The summed E-state index contributed by atoms with van der Waals surface area (Å²) in [6, 6.07) is 8.55. The maximum absolute atomic E-state index is 5.56. The summed E-state index contributed by atoms with van der Waals surface area (Å²) in [5.41, 5.74) is 0.965. The highest BCUT2D eigenvalue weighted by molar-refractivity contribution is 5.92. The van der Waals surface area contributed by atoms with E-state index in [4.69, 9.17) is 4.74 Å². The van der Waals surface area contributed by atoms with E-state index in [1.165, 1.54) is 0 Å². The molecule has 4 heteroatoms. The largest absolute Gasteiger partial charge is 0.376 e. The zero-order chi connectivity index (χ0) is 12.5. The lowest BCUT2D eigenvalue weighted by Gasteiger charge is -2.17. The predicted molar refractivity (Wildman–Crippen MR) is 71.7 cm³/mol. The maximum Gasteiger partial charge on any atom is 0.156 e. The molecule has 0 radical (unpaired) electrons. The minimum absolute atomic E-state index is 0.229.